The summed E-state index contributed by atoms with van der Waals surface area (Å²) >= 11 is 0. The Kier molecular flexibility index (Phi) is 5.71. The van der Waals surface area contributed by atoms with Crippen LogP contribution >= 0.6 is 0 Å². The molecule has 1 saturated heterocycles. The van der Waals surface area contributed by atoms with Crippen molar-refractivity contribution >= 4 is 16.7 Å². The molecule has 1 aliphatic rings. The predicted octanol–water partition coefficient (Wildman–Crippen LogP) is 2.99. The monoisotopic (exact) mass is 390 g/mol. The molecule has 6 nitrogen and oxygen atoms in total. The number of fused-ring (bicyclic) bond motifs is 1. The van der Waals surface area contributed by atoms with Gasteiger partial charge in [0.05, 0.1) is 11.1 Å². The molecular formula is C23H26N4O2. The van der Waals surface area contributed by atoms with Crippen molar-refractivity contribution in [2.45, 2.75) is 32.2 Å². The quantitative estimate of drug-likeness (QED) is 0.727. The molecule has 0 saturated carbocycles. The second-order valence-electron chi connectivity index (χ2n) is 7.54. The molecule has 1 N–H and O–H groups in total. The van der Waals surface area contributed by atoms with Crippen molar-refractivity contribution in [3.05, 3.63) is 70.6 Å². The van der Waals surface area contributed by atoms with Gasteiger partial charge in [-0.2, -0.15) is 9.78 Å². The first-order valence-corrected chi connectivity index (χ1v) is 10.3. The van der Waals surface area contributed by atoms with Crippen LogP contribution in [-0.4, -0.2) is 46.3 Å². The molecule has 0 atom stereocenters. The zero-order valence-corrected chi connectivity index (χ0v) is 16.7. The summed E-state index contributed by atoms with van der Waals surface area (Å²) in [5, 5.41) is 8.69. The maximum Gasteiger partial charge on any atom is 0.279 e. The molecule has 0 bridgehead atoms. The predicted molar refractivity (Wildman–Crippen MR) is 115 cm³/mol. The first-order chi connectivity index (χ1) is 14.2. The Bertz CT molecular complexity index is 1050. The van der Waals surface area contributed by atoms with E-state index in [4.69, 9.17) is 0 Å². The average Bonchev–Trinajstić information content (AvgIpc) is 2.76. The van der Waals surface area contributed by atoms with E-state index in [9.17, 15) is 9.59 Å². The molecule has 1 amide bonds. The highest BCUT2D eigenvalue weighted by Crippen LogP contribution is 2.17. The van der Waals surface area contributed by atoms with E-state index in [1.165, 1.54) is 4.68 Å². The van der Waals surface area contributed by atoms with Gasteiger partial charge in [0.25, 0.3) is 11.5 Å². The van der Waals surface area contributed by atoms with Crippen LogP contribution in [0.3, 0.4) is 0 Å². The van der Waals surface area contributed by atoms with Gasteiger partial charge < -0.3 is 10.2 Å². The Morgan fingerprint density at radius 3 is 2.38 bits per heavy atom. The molecule has 2 aromatic carbocycles. The Morgan fingerprint density at radius 1 is 1.03 bits per heavy atom. The molecule has 0 aliphatic carbocycles. The highest BCUT2D eigenvalue weighted by molar-refractivity contribution is 6.05. The number of carbonyl (C=O) groups is 1. The van der Waals surface area contributed by atoms with E-state index in [1.807, 2.05) is 42.5 Å². The van der Waals surface area contributed by atoms with E-state index in [1.54, 1.807) is 12.1 Å². The van der Waals surface area contributed by atoms with Crippen LogP contribution in [0.25, 0.3) is 16.5 Å². The van der Waals surface area contributed by atoms with E-state index >= 15 is 0 Å². The van der Waals surface area contributed by atoms with Crippen LogP contribution in [0.2, 0.25) is 0 Å². The average molecular weight is 390 g/mol. The molecule has 1 aromatic heterocycles. The molecular weight excluding hydrogens is 364 g/mol. The number of hydrogen-bond donors (Lipinski definition) is 1. The number of nitrogens with one attached hydrogen (secondary N) is 1. The molecule has 4 rings (SSSR count). The topological polar surface area (TPSA) is 67.2 Å². The molecule has 0 spiro atoms. The molecule has 3 aromatic rings. The largest absolute Gasteiger partial charge is 0.348 e. The number of para-hydroxylation sites is 1. The normalized spacial score (nSPS) is 15.5. The van der Waals surface area contributed by atoms with Gasteiger partial charge in [-0.1, -0.05) is 43.3 Å². The number of nitrogens with zero attached hydrogens (tertiary/aromatic N) is 3. The lowest BCUT2D eigenvalue weighted by Gasteiger charge is -2.32. The maximum atomic E-state index is 13.1. The molecule has 0 radical (unpaired) electrons. The fraction of sp³-hybridized carbons (Fsp3) is 0.348. The van der Waals surface area contributed by atoms with Crippen LogP contribution in [-0.2, 0) is 0 Å². The van der Waals surface area contributed by atoms with Crippen molar-refractivity contribution < 1.29 is 4.79 Å². The molecule has 1 aliphatic heterocycles. The molecule has 2 heterocycles. The lowest BCUT2D eigenvalue weighted by atomic mass is 10.0. The lowest BCUT2D eigenvalue weighted by molar-refractivity contribution is 0.0906. The van der Waals surface area contributed by atoms with Gasteiger partial charge in [-0.15, -0.1) is 0 Å². The Morgan fingerprint density at radius 2 is 1.69 bits per heavy atom. The summed E-state index contributed by atoms with van der Waals surface area (Å²) in [5.41, 5.74) is 0.710. The van der Waals surface area contributed by atoms with Gasteiger partial charge in [0.2, 0.25) is 0 Å². The smallest absolute Gasteiger partial charge is 0.279 e. The van der Waals surface area contributed by atoms with E-state index in [0.717, 1.165) is 38.9 Å². The number of likely N-dealkylation sites (tertiary alicyclic amines) is 1. The van der Waals surface area contributed by atoms with Crippen molar-refractivity contribution in [1.82, 2.24) is 20.0 Å². The number of carbonyl (C=O) groups excluding carboxylic acids is 1. The Balaban J connectivity index is 1.65. The second-order valence-corrected chi connectivity index (χ2v) is 7.54. The second kappa shape index (κ2) is 8.57. The third-order valence-electron chi connectivity index (χ3n) is 5.48. The number of aromatic nitrogens is 2. The number of benzene rings is 2. The van der Waals surface area contributed by atoms with Gasteiger partial charge in [-0.25, -0.2) is 0 Å². The van der Waals surface area contributed by atoms with Gasteiger partial charge in [-0.05, 0) is 44.0 Å². The highest BCUT2D eigenvalue weighted by atomic mass is 16.2. The third kappa shape index (κ3) is 4.07. The fourth-order valence-electron chi connectivity index (χ4n) is 3.97. The zero-order chi connectivity index (χ0) is 20.2. The summed E-state index contributed by atoms with van der Waals surface area (Å²) < 4.78 is 1.32. The van der Waals surface area contributed by atoms with Crippen molar-refractivity contribution in [3.63, 3.8) is 0 Å². The highest BCUT2D eigenvalue weighted by Gasteiger charge is 2.23. The summed E-state index contributed by atoms with van der Waals surface area (Å²) in [5.74, 6) is -0.222. The van der Waals surface area contributed by atoms with E-state index < -0.39 is 0 Å². The van der Waals surface area contributed by atoms with Crippen molar-refractivity contribution in [3.8, 4) is 5.69 Å². The van der Waals surface area contributed by atoms with Gasteiger partial charge in [0.15, 0.2) is 5.69 Å². The minimum absolute atomic E-state index is 0.133. The minimum Gasteiger partial charge on any atom is -0.348 e. The van der Waals surface area contributed by atoms with Crippen LogP contribution in [0.5, 0.6) is 0 Å². The maximum absolute atomic E-state index is 13.1. The Labute approximate surface area is 170 Å². The molecule has 29 heavy (non-hydrogen) atoms. The molecule has 6 heteroatoms. The van der Waals surface area contributed by atoms with E-state index in [2.05, 4.69) is 22.2 Å². The van der Waals surface area contributed by atoms with Crippen molar-refractivity contribution in [2.75, 3.05) is 19.6 Å². The lowest BCUT2D eigenvalue weighted by Crippen LogP contribution is -2.45. The fourth-order valence-corrected chi connectivity index (χ4v) is 3.97. The number of hydrogen-bond acceptors (Lipinski definition) is 4. The van der Waals surface area contributed by atoms with Gasteiger partial charge in [0.1, 0.15) is 0 Å². The minimum atomic E-state index is -0.226. The van der Waals surface area contributed by atoms with Crippen LogP contribution < -0.4 is 10.9 Å². The molecule has 1 fully saturated rings. The van der Waals surface area contributed by atoms with Gasteiger partial charge in [-0.3, -0.25) is 9.59 Å². The number of piperidine rings is 1. The zero-order valence-electron chi connectivity index (χ0n) is 16.7. The number of rotatable bonds is 5. The SMILES string of the molecule is CCCN1CCC(NC(=O)c2nn(-c3ccccc3)c(=O)c3ccccc23)CC1. The summed E-state index contributed by atoms with van der Waals surface area (Å²) in [6, 6.07) is 16.5. The van der Waals surface area contributed by atoms with Crippen LogP contribution in [0, 0.1) is 0 Å². The van der Waals surface area contributed by atoms with Crippen molar-refractivity contribution in [2.24, 2.45) is 0 Å². The van der Waals surface area contributed by atoms with Crippen LogP contribution in [0.1, 0.15) is 36.7 Å². The summed E-state index contributed by atoms with van der Waals surface area (Å²) in [7, 11) is 0. The van der Waals surface area contributed by atoms with E-state index in [0.29, 0.717) is 22.2 Å². The van der Waals surface area contributed by atoms with Crippen LogP contribution in [0.4, 0.5) is 0 Å². The first-order valence-electron chi connectivity index (χ1n) is 10.3. The first kappa shape index (κ1) is 19.3. The van der Waals surface area contributed by atoms with Crippen LogP contribution in [0.15, 0.2) is 59.4 Å². The Hall–Kier alpha value is -2.99. The third-order valence-corrected chi connectivity index (χ3v) is 5.48. The van der Waals surface area contributed by atoms with E-state index in [-0.39, 0.29) is 17.5 Å². The number of amides is 1. The molecule has 150 valence electrons. The summed E-state index contributed by atoms with van der Waals surface area (Å²) in [4.78, 5) is 28.5. The summed E-state index contributed by atoms with van der Waals surface area (Å²) in [6.45, 7) is 5.29. The molecule has 0 unspecified atom stereocenters. The van der Waals surface area contributed by atoms with Gasteiger partial charge in [0, 0.05) is 24.5 Å². The van der Waals surface area contributed by atoms with Crippen molar-refractivity contribution in [1.29, 1.82) is 0 Å². The standard InChI is InChI=1S/C23H26N4O2/c1-2-14-26-15-12-17(13-16-26)24-22(28)21-19-10-6-7-11-20(19)23(29)27(25-21)18-8-4-3-5-9-18/h3-11,17H,2,12-16H2,1H3,(H,24,28). The van der Waals surface area contributed by atoms with Gasteiger partial charge >= 0.3 is 0 Å². The summed E-state index contributed by atoms with van der Waals surface area (Å²) in [6.07, 6.45) is 3.01.